The van der Waals surface area contributed by atoms with Crippen molar-refractivity contribution in [3.63, 3.8) is 0 Å². The Morgan fingerprint density at radius 1 is 1.18 bits per heavy atom. The largest absolute Gasteiger partial charge is 0.385 e. The van der Waals surface area contributed by atoms with Gasteiger partial charge < -0.3 is 23.8 Å². The number of ether oxygens (including phenoxy) is 2. The van der Waals surface area contributed by atoms with Crippen LogP contribution in [0.1, 0.15) is 27.9 Å². The summed E-state index contributed by atoms with van der Waals surface area (Å²) in [5.41, 5.74) is 4.34. The number of hydrogen-bond acceptors (Lipinski definition) is 6. The molecule has 2 aromatic carbocycles. The van der Waals surface area contributed by atoms with E-state index in [1.807, 2.05) is 30.0 Å². The zero-order valence-corrected chi connectivity index (χ0v) is 20.4. The van der Waals surface area contributed by atoms with Crippen LogP contribution in [-0.4, -0.2) is 62.5 Å². The number of carbonyl (C=O) groups excluding carboxylic acids is 1. The normalized spacial score (nSPS) is 13.8. The molecular weight excluding hydrogens is 454 g/mol. The van der Waals surface area contributed by atoms with Gasteiger partial charge in [-0.2, -0.15) is 0 Å². The van der Waals surface area contributed by atoms with Crippen molar-refractivity contribution in [1.29, 1.82) is 0 Å². The van der Waals surface area contributed by atoms with E-state index >= 15 is 0 Å². The molecule has 1 fully saturated rings. The molecule has 4 rings (SSSR count). The number of aryl methyl sites for hydroxylation is 1. The Kier molecular flexibility index (Phi) is 8.21. The minimum atomic E-state index is -0.0721. The number of hydrogen-bond donors (Lipinski definition) is 0. The van der Waals surface area contributed by atoms with Crippen molar-refractivity contribution in [2.45, 2.75) is 19.9 Å². The van der Waals surface area contributed by atoms with Gasteiger partial charge in [-0.05, 0) is 43.7 Å². The Labute approximate surface area is 205 Å². The van der Waals surface area contributed by atoms with E-state index in [0.717, 1.165) is 22.4 Å². The summed E-state index contributed by atoms with van der Waals surface area (Å²) in [6, 6.07) is 15.1. The summed E-state index contributed by atoms with van der Waals surface area (Å²) < 4.78 is 16.7. The molecule has 34 heavy (non-hydrogen) atoms. The van der Waals surface area contributed by atoms with Gasteiger partial charge in [0.1, 0.15) is 5.69 Å². The highest BCUT2D eigenvalue weighted by atomic mass is 35.5. The van der Waals surface area contributed by atoms with Gasteiger partial charge in [-0.15, -0.1) is 0 Å². The molecular formula is C26H30ClN3O4. The summed E-state index contributed by atoms with van der Waals surface area (Å²) in [6.45, 7) is 6.19. The van der Waals surface area contributed by atoms with Gasteiger partial charge >= 0.3 is 0 Å². The number of benzene rings is 2. The number of aromatic nitrogens is 1. The molecule has 0 bridgehead atoms. The monoisotopic (exact) mass is 483 g/mol. The lowest BCUT2D eigenvalue weighted by atomic mass is 10.0. The minimum absolute atomic E-state index is 0.0721. The van der Waals surface area contributed by atoms with E-state index in [4.69, 9.17) is 25.6 Å². The number of morpholine rings is 1. The van der Waals surface area contributed by atoms with Crippen LogP contribution >= 0.6 is 11.6 Å². The zero-order valence-electron chi connectivity index (χ0n) is 19.6. The smallest absolute Gasteiger partial charge is 0.254 e. The van der Waals surface area contributed by atoms with Crippen LogP contribution in [0, 0.1) is 6.92 Å². The second-order valence-electron chi connectivity index (χ2n) is 8.36. The second kappa shape index (κ2) is 11.5. The van der Waals surface area contributed by atoms with Crippen LogP contribution in [0.4, 0.5) is 5.88 Å². The van der Waals surface area contributed by atoms with E-state index in [9.17, 15) is 4.79 Å². The van der Waals surface area contributed by atoms with Gasteiger partial charge in [-0.1, -0.05) is 40.5 Å². The first-order valence-electron chi connectivity index (χ1n) is 11.5. The zero-order chi connectivity index (χ0) is 23.9. The Morgan fingerprint density at radius 2 is 1.94 bits per heavy atom. The van der Waals surface area contributed by atoms with Gasteiger partial charge in [-0.3, -0.25) is 4.79 Å². The fourth-order valence-electron chi connectivity index (χ4n) is 4.10. The van der Waals surface area contributed by atoms with E-state index in [1.165, 1.54) is 0 Å². The van der Waals surface area contributed by atoms with Gasteiger partial charge in [0.25, 0.3) is 5.91 Å². The summed E-state index contributed by atoms with van der Waals surface area (Å²) in [4.78, 5) is 17.5. The number of rotatable bonds is 9. The summed E-state index contributed by atoms with van der Waals surface area (Å²) in [5, 5.41) is 5.05. The molecule has 0 radical (unpaired) electrons. The summed E-state index contributed by atoms with van der Waals surface area (Å²) >= 11 is 6.04. The summed E-state index contributed by atoms with van der Waals surface area (Å²) in [5.74, 6) is 0.623. The average molecular weight is 484 g/mol. The number of anilines is 1. The van der Waals surface area contributed by atoms with Gasteiger partial charge in [0.15, 0.2) is 0 Å². The molecule has 1 amide bonds. The molecule has 7 nitrogen and oxygen atoms in total. The number of methoxy groups -OCH3 is 1. The van der Waals surface area contributed by atoms with Crippen LogP contribution in [0.5, 0.6) is 0 Å². The number of halogens is 1. The van der Waals surface area contributed by atoms with Crippen molar-refractivity contribution in [3.05, 3.63) is 70.2 Å². The highest BCUT2D eigenvalue weighted by Gasteiger charge is 2.27. The van der Waals surface area contributed by atoms with Crippen LogP contribution in [0.3, 0.4) is 0 Å². The highest BCUT2D eigenvalue weighted by Crippen LogP contribution is 2.33. The van der Waals surface area contributed by atoms with Crippen molar-refractivity contribution in [3.8, 4) is 11.3 Å². The third-order valence-electron chi connectivity index (χ3n) is 5.86. The first-order valence-corrected chi connectivity index (χ1v) is 11.9. The highest BCUT2D eigenvalue weighted by molar-refractivity contribution is 6.30. The Morgan fingerprint density at radius 3 is 2.65 bits per heavy atom. The van der Waals surface area contributed by atoms with Gasteiger partial charge in [0.2, 0.25) is 5.88 Å². The molecule has 0 unspecified atom stereocenters. The third-order valence-corrected chi connectivity index (χ3v) is 6.11. The first-order chi connectivity index (χ1) is 16.6. The Balaban J connectivity index is 1.71. The van der Waals surface area contributed by atoms with Crippen molar-refractivity contribution in [2.24, 2.45) is 0 Å². The van der Waals surface area contributed by atoms with E-state index in [1.54, 1.807) is 31.4 Å². The van der Waals surface area contributed by atoms with Crippen LogP contribution in [0.25, 0.3) is 11.3 Å². The SMILES string of the molecule is COCCCN(Cc1c(-c2cccc(C)c2)noc1N1CCOCC1)C(=O)c1ccc(Cl)cc1. The van der Waals surface area contributed by atoms with Gasteiger partial charge in [0, 0.05) is 49.5 Å². The maximum absolute atomic E-state index is 13.5. The van der Waals surface area contributed by atoms with E-state index < -0.39 is 0 Å². The average Bonchev–Trinajstić information content (AvgIpc) is 3.27. The molecule has 2 heterocycles. The maximum atomic E-state index is 13.5. The van der Waals surface area contributed by atoms with Crippen molar-refractivity contribution < 1.29 is 18.8 Å². The minimum Gasteiger partial charge on any atom is -0.385 e. The predicted molar refractivity (Wildman–Crippen MR) is 132 cm³/mol. The fraction of sp³-hybridized carbons (Fsp3) is 0.385. The molecule has 1 saturated heterocycles. The number of nitrogens with zero attached hydrogens (tertiary/aromatic N) is 3. The Bertz CT molecular complexity index is 1090. The van der Waals surface area contributed by atoms with Gasteiger partial charge in [-0.25, -0.2) is 0 Å². The van der Waals surface area contributed by atoms with E-state index in [2.05, 4.69) is 16.1 Å². The van der Waals surface area contributed by atoms with Crippen LogP contribution in [-0.2, 0) is 16.0 Å². The first kappa shape index (κ1) is 24.3. The molecule has 0 spiro atoms. The molecule has 1 aliphatic rings. The fourth-order valence-corrected chi connectivity index (χ4v) is 4.22. The van der Waals surface area contributed by atoms with Crippen molar-refractivity contribution in [2.75, 3.05) is 51.5 Å². The molecule has 8 heteroatoms. The molecule has 0 atom stereocenters. The molecule has 3 aromatic rings. The van der Waals surface area contributed by atoms with Crippen molar-refractivity contribution in [1.82, 2.24) is 10.1 Å². The van der Waals surface area contributed by atoms with E-state index in [-0.39, 0.29) is 5.91 Å². The lowest BCUT2D eigenvalue weighted by molar-refractivity contribution is 0.0723. The third kappa shape index (κ3) is 5.78. The molecule has 0 aliphatic carbocycles. The molecule has 0 saturated carbocycles. The number of amides is 1. The quantitative estimate of drug-likeness (QED) is 0.406. The van der Waals surface area contributed by atoms with Crippen LogP contribution in [0.15, 0.2) is 53.1 Å². The van der Waals surface area contributed by atoms with Crippen molar-refractivity contribution >= 4 is 23.4 Å². The lowest BCUT2D eigenvalue weighted by Crippen LogP contribution is -2.37. The molecule has 1 aliphatic heterocycles. The van der Waals surface area contributed by atoms with E-state index in [0.29, 0.717) is 68.9 Å². The second-order valence-corrected chi connectivity index (χ2v) is 8.80. The topological polar surface area (TPSA) is 68.0 Å². The lowest BCUT2D eigenvalue weighted by Gasteiger charge is -2.28. The van der Waals surface area contributed by atoms with Crippen LogP contribution in [0.2, 0.25) is 5.02 Å². The molecule has 0 N–H and O–H groups in total. The molecule has 180 valence electrons. The number of carbonyl (C=O) groups is 1. The summed E-state index contributed by atoms with van der Waals surface area (Å²) in [7, 11) is 1.66. The molecule has 1 aromatic heterocycles. The standard InChI is InChI=1S/C26H30ClN3O4/c1-19-5-3-6-21(17-19)24-23(26(34-28-24)29-12-15-33-16-13-29)18-30(11-4-14-32-2)25(31)20-7-9-22(27)10-8-20/h3,5-10,17H,4,11-16,18H2,1-2H3. The predicted octanol–water partition coefficient (Wildman–Crippen LogP) is 4.82. The van der Waals surface area contributed by atoms with Gasteiger partial charge in [0.05, 0.1) is 25.3 Å². The summed E-state index contributed by atoms with van der Waals surface area (Å²) in [6.07, 6.45) is 0.716. The maximum Gasteiger partial charge on any atom is 0.254 e. The Hall–Kier alpha value is -2.87. The van der Waals surface area contributed by atoms with Crippen LogP contribution < -0.4 is 4.90 Å².